The molecule has 1 saturated heterocycles. The Morgan fingerprint density at radius 2 is 1.64 bits per heavy atom. The molecule has 1 aromatic carbocycles. The highest BCUT2D eigenvalue weighted by molar-refractivity contribution is 5.97. The Labute approximate surface area is 171 Å². The van der Waals surface area contributed by atoms with E-state index < -0.39 is 0 Å². The van der Waals surface area contributed by atoms with E-state index in [4.69, 9.17) is 0 Å². The summed E-state index contributed by atoms with van der Waals surface area (Å²) in [5.41, 5.74) is 2.53. The smallest absolute Gasteiger partial charge is 0.227 e. The summed E-state index contributed by atoms with van der Waals surface area (Å²) in [7, 11) is 0. The summed E-state index contributed by atoms with van der Waals surface area (Å²) >= 11 is 0. The third kappa shape index (κ3) is 4.62. The van der Waals surface area contributed by atoms with Crippen molar-refractivity contribution in [3.63, 3.8) is 0 Å². The van der Waals surface area contributed by atoms with Gasteiger partial charge in [0.25, 0.3) is 0 Å². The first-order chi connectivity index (χ1) is 13.7. The van der Waals surface area contributed by atoms with E-state index in [-0.39, 0.29) is 0 Å². The fourth-order valence-corrected chi connectivity index (χ4v) is 5.77. The van der Waals surface area contributed by atoms with Crippen LogP contribution in [0.15, 0.2) is 24.3 Å². The number of aryl methyl sites for hydroxylation is 1. The minimum atomic E-state index is 0.336. The second kappa shape index (κ2) is 9.43. The maximum atomic E-state index is 12.7. The van der Waals surface area contributed by atoms with Gasteiger partial charge in [0.1, 0.15) is 0 Å². The molecule has 0 aromatic heterocycles. The molecule has 4 rings (SSSR count). The van der Waals surface area contributed by atoms with Crippen LogP contribution in [0.1, 0.15) is 76.7 Å². The average molecular weight is 383 g/mol. The van der Waals surface area contributed by atoms with Gasteiger partial charge < -0.3 is 9.80 Å². The Hall–Kier alpha value is -1.35. The van der Waals surface area contributed by atoms with Crippen LogP contribution in [-0.2, 0) is 11.2 Å². The van der Waals surface area contributed by atoms with Crippen molar-refractivity contribution < 1.29 is 4.79 Å². The Morgan fingerprint density at radius 1 is 0.929 bits per heavy atom. The molecule has 0 radical (unpaired) electrons. The van der Waals surface area contributed by atoms with Crippen molar-refractivity contribution in [1.29, 1.82) is 0 Å². The number of nitrogens with zero attached hydrogens (tertiary/aromatic N) is 2. The lowest BCUT2D eigenvalue weighted by molar-refractivity contribution is -0.119. The summed E-state index contributed by atoms with van der Waals surface area (Å²) < 4.78 is 0. The molecule has 0 spiro atoms. The van der Waals surface area contributed by atoms with E-state index in [9.17, 15) is 4.79 Å². The second-order valence-corrected chi connectivity index (χ2v) is 9.45. The van der Waals surface area contributed by atoms with E-state index in [0.29, 0.717) is 18.4 Å². The Bertz CT molecular complexity index is 642. The van der Waals surface area contributed by atoms with E-state index in [0.717, 1.165) is 44.2 Å². The van der Waals surface area contributed by atoms with Crippen molar-refractivity contribution in [3.05, 3.63) is 29.8 Å². The summed E-state index contributed by atoms with van der Waals surface area (Å²) in [6, 6.07) is 8.93. The van der Waals surface area contributed by atoms with Crippen molar-refractivity contribution in [3.8, 4) is 0 Å². The molecule has 2 aliphatic heterocycles. The molecule has 0 bridgehead atoms. The number of piperidine rings is 1. The maximum absolute atomic E-state index is 12.7. The molecule has 1 saturated carbocycles. The van der Waals surface area contributed by atoms with Gasteiger partial charge in [0.2, 0.25) is 5.91 Å². The number of benzene rings is 1. The third-order valence-electron chi connectivity index (χ3n) is 7.50. The second-order valence-electron chi connectivity index (χ2n) is 9.45. The largest absolute Gasteiger partial charge is 0.309 e. The highest BCUT2D eigenvalue weighted by atomic mass is 16.2. The topological polar surface area (TPSA) is 23.6 Å². The van der Waals surface area contributed by atoms with Crippen LogP contribution in [0.3, 0.4) is 0 Å². The van der Waals surface area contributed by atoms with E-state index in [1.54, 1.807) is 0 Å². The van der Waals surface area contributed by atoms with Crippen molar-refractivity contribution in [2.75, 3.05) is 24.5 Å². The van der Waals surface area contributed by atoms with Crippen LogP contribution in [0, 0.1) is 11.8 Å². The predicted octanol–water partition coefficient (Wildman–Crippen LogP) is 5.43. The molecular formula is C25H38N2O. The zero-order valence-electron chi connectivity index (χ0n) is 17.7. The van der Waals surface area contributed by atoms with Gasteiger partial charge in [-0.25, -0.2) is 0 Å². The van der Waals surface area contributed by atoms with E-state index >= 15 is 0 Å². The molecule has 0 atom stereocenters. The Balaban J connectivity index is 1.26. The molecule has 0 unspecified atom stereocenters. The molecule has 3 nitrogen and oxygen atoms in total. The molecule has 3 heteroatoms. The number of rotatable bonds is 6. The van der Waals surface area contributed by atoms with Gasteiger partial charge in [-0.3, -0.25) is 4.79 Å². The maximum Gasteiger partial charge on any atom is 0.227 e. The van der Waals surface area contributed by atoms with E-state index in [1.807, 2.05) is 0 Å². The first kappa shape index (κ1) is 19.9. The molecule has 1 aromatic rings. The number of likely N-dealkylation sites (tertiary alicyclic amines) is 1. The number of para-hydroxylation sites is 1. The molecule has 2 fully saturated rings. The first-order valence-electron chi connectivity index (χ1n) is 11.9. The van der Waals surface area contributed by atoms with Crippen LogP contribution in [-0.4, -0.2) is 36.5 Å². The molecular weight excluding hydrogens is 344 g/mol. The zero-order valence-corrected chi connectivity index (χ0v) is 17.7. The van der Waals surface area contributed by atoms with Gasteiger partial charge in [0.15, 0.2) is 0 Å². The quantitative estimate of drug-likeness (QED) is 0.655. The zero-order chi connectivity index (χ0) is 19.3. The summed E-state index contributed by atoms with van der Waals surface area (Å²) in [4.78, 5) is 17.5. The molecule has 28 heavy (non-hydrogen) atoms. The molecule has 1 aliphatic carbocycles. The van der Waals surface area contributed by atoms with Gasteiger partial charge in [-0.2, -0.15) is 0 Å². The number of unbranched alkanes of at least 4 members (excludes halogenated alkanes) is 1. The average Bonchev–Trinajstić information content (AvgIpc) is 2.74. The fraction of sp³-hybridized carbons (Fsp3) is 0.720. The lowest BCUT2D eigenvalue weighted by atomic mass is 9.79. The van der Waals surface area contributed by atoms with Crippen molar-refractivity contribution in [2.45, 2.75) is 83.6 Å². The van der Waals surface area contributed by atoms with Crippen LogP contribution in [0.5, 0.6) is 0 Å². The molecule has 154 valence electrons. The van der Waals surface area contributed by atoms with E-state index in [1.165, 1.54) is 62.7 Å². The molecule has 3 aliphatic rings. The summed E-state index contributed by atoms with van der Waals surface area (Å²) in [5.74, 6) is 2.25. The minimum Gasteiger partial charge on any atom is -0.309 e. The van der Waals surface area contributed by atoms with Crippen molar-refractivity contribution in [1.82, 2.24) is 4.90 Å². The minimum absolute atomic E-state index is 0.336. The van der Waals surface area contributed by atoms with Gasteiger partial charge in [0.05, 0.1) is 0 Å². The lowest BCUT2D eigenvalue weighted by Gasteiger charge is -2.42. The number of hydrogen-bond donors (Lipinski definition) is 0. The fourth-order valence-electron chi connectivity index (χ4n) is 5.77. The third-order valence-corrected chi connectivity index (χ3v) is 7.50. The van der Waals surface area contributed by atoms with Gasteiger partial charge >= 0.3 is 0 Å². The lowest BCUT2D eigenvalue weighted by Crippen LogP contribution is -2.50. The van der Waals surface area contributed by atoms with Crippen LogP contribution in [0.4, 0.5) is 5.69 Å². The number of fused-ring (bicyclic) bond motifs is 1. The van der Waals surface area contributed by atoms with Gasteiger partial charge in [-0.05, 0) is 55.6 Å². The van der Waals surface area contributed by atoms with Crippen LogP contribution in [0.2, 0.25) is 0 Å². The van der Waals surface area contributed by atoms with Crippen molar-refractivity contribution >= 4 is 11.6 Å². The van der Waals surface area contributed by atoms with Gasteiger partial charge in [0, 0.05) is 37.8 Å². The van der Waals surface area contributed by atoms with Gasteiger partial charge in [-0.1, -0.05) is 57.2 Å². The first-order valence-corrected chi connectivity index (χ1v) is 11.9. The van der Waals surface area contributed by atoms with Gasteiger partial charge in [-0.15, -0.1) is 0 Å². The normalized spacial score (nSPS) is 27.0. The highest BCUT2D eigenvalue weighted by Gasteiger charge is 2.33. The highest BCUT2D eigenvalue weighted by Crippen LogP contribution is 2.34. The number of carbonyl (C=O) groups is 1. The van der Waals surface area contributed by atoms with Crippen LogP contribution in [0.25, 0.3) is 0 Å². The summed E-state index contributed by atoms with van der Waals surface area (Å²) in [6.45, 7) is 5.92. The predicted molar refractivity (Wildman–Crippen MR) is 117 cm³/mol. The van der Waals surface area contributed by atoms with Crippen molar-refractivity contribution in [2.24, 2.45) is 11.8 Å². The Morgan fingerprint density at radius 3 is 2.39 bits per heavy atom. The molecule has 1 amide bonds. The van der Waals surface area contributed by atoms with Crippen LogP contribution < -0.4 is 4.90 Å². The summed E-state index contributed by atoms with van der Waals surface area (Å²) in [5, 5.41) is 0. The Kier molecular flexibility index (Phi) is 6.72. The number of carbonyl (C=O) groups excluding carboxylic acids is 1. The number of hydrogen-bond acceptors (Lipinski definition) is 2. The molecule has 0 N–H and O–H groups in total. The standard InChI is InChI=1S/C25H38N2O/c1-2-3-6-20-9-11-21(12-10-20)19-26-17-15-23(16-18-26)27-24-8-5-4-7-22(24)13-14-25(27)28/h4-5,7-8,20-21,23H,2-3,6,9-19H2,1H3. The van der Waals surface area contributed by atoms with E-state index in [2.05, 4.69) is 41.0 Å². The molecule has 2 heterocycles. The number of amides is 1. The SMILES string of the molecule is CCCCC1CCC(CN2CCC(N3C(=O)CCc4ccccc43)CC2)CC1. The monoisotopic (exact) mass is 382 g/mol. The number of anilines is 1. The summed E-state index contributed by atoms with van der Waals surface area (Å²) in [6.07, 6.45) is 13.9. The van der Waals surface area contributed by atoms with Crippen LogP contribution >= 0.6 is 0 Å².